The molecule has 3 aliphatic carbocycles. The molecule has 1 heterocycles. The van der Waals surface area contributed by atoms with Gasteiger partial charge in [-0.05, 0) is 72.3 Å². The number of hydrogen-bond donors (Lipinski definition) is 4. The van der Waals surface area contributed by atoms with Crippen LogP contribution in [0.25, 0.3) is 11.1 Å². The minimum absolute atomic E-state index is 0.0156. The van der Waals surface area contributed by atoms with Crippen molar-refractivity contribution in [3.05, 3.63) is 83.4 Å². The number of amides is 3. The fourth-order valence-electron chi connectivity index (χ4n) is 9.59. The number of carbonyl (C=O) groups excluding carboxylic acids is 3. The number of nitrogens with one attached hydrogen (secondary N) is 2. The summed E-state index contributed by atoms with van der Waals surface area (Å²) in [6.07, 6.45) is 0.726. The van der Waals surface area contributed by atoms with Gasteiger partial charge in [-0.15, -0.1) is 0 Å². The summed E-state index contributed by atoms with van der Waals surface area (Å²) < 4.78 is 6.08. The highest BCUT2D eigenvalue weighted by Crippen LogP contribution is 2.61. The van der Waals surface area contributed by atoms with Crippen molar-refractivity contribution in [1.82, 2.24) is 20.6 Å². The Bertz CT molecular complexity index is 1920. The monoisotopic (exact) mass is 783 g/mol. The van der Waals surface area contributed by atoms with E-state index in [1.807, 2.05) is 73.6 Å². The number of anilines is 1. The van der Waals surface area contributed by atoms with Gasteiger partial charge in [-0.2, -0.15) is 5.06 Å². The predicted octanol–water partition coefficient (Wildman–Crippen LogP) is 4.52. The van der Waals surface area contributed by atoms with Gasteiger partial charge in [0.2, 0.25) is 11.8 Å². The number of hydroxylamine groups is 2. The number of aliphatic hydroxyl groups excluding tert-OH is 2. The van der Waals surface area contributed by atoms with Crippen molar-refractivity contribution in [1.29, 1.82) is 0 Å². The maximum atomic E-state index is 14.3. The van der Waals surface area contributed by atoms with E-state index in [0.717, 1.165) is 17.7 Å². The number of aliphatic hydroxyl groups is 2. The van der Waals surface area contributed by atoms with Crippen molar-refractivity contribution >= 4 is 23.4 Å². The Morgan fingerprint density at radius 1 is 1.02 bits per heavy atom. The van der Waals surface area contributed by atoms with Gasteiger partial charge in [0.1, 0.15) is 23.9 Å². The highest BCUT2D eigenvalue weighted by Gasteiger charge is 2.57. The number of benzene rings is 3. The van der Waals surface area contributed by atoms with Crippen LogP contribution in [0, 0.1) is 29.1 Å². The molecule has 308 valence electrons. The minimum Gasteiger partial charge on any atom is -0.496 e. The third-order valence-corrected chi connectivity index (χ3v) is 13.0. The van der Waals surface area contributed by atoms with Crippen LogP contribution >= 0.6 is 0 Å². The molecule has 0 radical (unpaired) electrons. The average molecular weight is 784 g/mol. The molecule has 3 saturated carbocycles. The minimum atomic E-state index is -0.925. The number of likely N-dealkylation sites (N-methyl/N-ethyl adjacent to an activating group) is 1. The van der Waals surface area contributed by atoms with Gasteiger partial charge < -0.3 is 35.4 Å². The normalized spacial score (nSPS) is 26.1. The molecular formula is C45H61N5O7. The van der Waals surface area contributed by atoms with Gasteiger partial charge in [-0.1, -0.05) is 69.3 Å². The molecule has 1 unspecified atom stereocenters. The smallest absolute Gasteiger partial charge is 0.252 e. The van der Waals surface area contributed by atoms with Crippen molar-refractivity contribution in [2.45, 2.75) is 83.8 Å². The van der Waals surface area contributed by atoms with Gasteiger partial charge >= 0.3 is 0 Å². The fourth-order valence-corrected chi connectivity index (χ4v) is 9.59. The van der Waals surface area contributed by atoms with E-state index in [9.17, 15) is 24.6 Å². The summed E-state index contributed by atoms with van der Waals surface area (Å²) in [7, 11) is 8.71. The molecule has 3 aromatic rings. The maximum absolute atomic E-state index is 14.3. The van der Waals surface area contributed by atoms with Crippen molar-refractivity contribution in [3.8, 4) is 16.9 Å². The van der Waals surface area contributed by atoms with Crippen LogP contribution in [-0.2, 0) is 27.4 Å². The topological polar surface area (TPSA) is 144 Å². The Labute approximate surface area is 337 Å². The third-order valence-electron chi connectivity index (χ3n) is 13.0. The quantitative estimate of drug-likeness (QED) is 0.186. The van der Waals surface area contributed by atoms with Crippen molar-refractivity contribution in [2.75, 3.05) is 46.8 Å². The lowest BCUT2D eigenvalue weighted by Gasteiger charge is -2.62. The molecule has 4 N–H and O–H groups in total. The first-order valence-corrected chi connectivity index (χ1v) is 20.1. The summed E-state index contributed by atoms with van der Waals surface area (Å²) in [5.41, 5.74) is 4.47. The molecular weight excluding hydrogens is 723 g/mol. The molecule has 1 aliphatic heterocycles. The van der Waals surface area contributed by atoms with Gasteiger partial charge in [0, 0.05) is 68.9 Å². The second kappa shape index (κ2) is 17.2. The van der Waals surface area contributed by atoms with Gasteiger partial charge in [0.15, 0.2) is 0 Å². The van der Waals surface area contributed by atoms with Crippen LogP contribution in [0.3, 0.4) is 0 Å². The lowest BCUT2D eigenvalue weighted by Crippen LogP contribution is -2.62. The van der Waals surface area contributed by atoms with E-state index in [0.29, 0.717) is 52.2 Å². The van der Waals surface area contributed by atoms with Crippen LogP contribution in [0.15, 0.2) is 66.7 Å². The highest BCUT2D eigenvalue weighted by molar-refractivity contribution is 5.99. The molecule has 0 aromatic heterocycles. The Kier molecular flexibility index (Phi) is 12.7. The summed E-state index contributed by atoms with van der Waals surface area (Å²) in [5.74, 6) is 0.432. The molecule has 4 fully saturated rings. The van der Waals surface area contributed by atoms with Gasteiger partial charge in [-0.25, -0.2) is 0 Å². The van der Waals surface area contributed by atoms with Crippen LogP contribution in [-0.4, -0.2) is 110 Å². The molecule has 3 amide bonds. The molecule has 2 bridgehead atoms. The molecule has 12 heteroatoms. The Morgan fingerprint density at radius 2 is 1.74 bits per heavy atom. The number of carbonyl (C=O) groups is 3. The van der Waals surface area contributed by atoms with E-state index < -0.39 is 36.1 Å². The average Bonchev–Trinajstić information content (AvgIpc) is 3.56. The van der Waals surface area contributed by atoms with Crippen LogP contribution in [0.1, 0.15) is 62.0 Å². The number of nitrogens with zero attached hydrogens (tertiary/aromatic N) is 3. The first-order chi connectivity index (χ1) is 27.0. The van der Waals surface area contributed by atoms with Gasteiger partial charge in [-0.3, -0.25) is 19.2 Å². The molecule has 0 spiro atoms. The summed E-state index contributed by atoms with van der Waals surface area (Å²) in [5, 5.41) is 29.3. The Hall–Kier alpha value is -4.49. The standard InChI is InChI=1S/C45H61N5O7/c1-26-35-22-32(45(35,3)4)23-36(26)46-43(54)40-39(27(2)52)38(25-51)57-50(40)24-29-16-13-17-34(41(29)56-9)30-19-31(21-33(20-30)48(5)6)42(53)47-37(44(55)49(7)8)18-28-14-11-10-12-15-28/h10-17,19-21,26-27,32,35-40,51-52H,18,22-25H2,1-9H3,(H,46,54)(H,47,53)/t26-,27-,32+,35-,36-,37+,38-,39?,40-/m0/s1. The maximum Gasteiger partial charge on any atom is 0.252 e. The summed E-state index contributed by atoms with van der Waals surface area (Å²) in [4.78, 5) is 51.3. The van der Waals surface area contributed by atoms with Crippen molar-refractivity contribution < 1.29 is 34.2 Å². The first kappa shape index (κ1) is 42.1. The van der Waals surface area contributed by atoms with E-state index in [1.54, 1.807) is 45.3 Å². The Balaban J connectivity index is 1.29. The SMILES string of the molecule is COc1c(CN2O[C@@H](CO)C([C@H](C)O)[C@H]2C(=O)N[C@H]2C[C@H]3C[C@@H]([C@@H]2C)C3(C)C)cccc1-c1cc(C(=O)N[C@H](Cc2ccccc2)C(=O)N(C)C)cc(N(C)C)c1. The largest absolute Gasteiger partial charge is 0.496 e. The Morgan fingerprint density at radius 3 is 2.33 bits per heavy atom. The summed E-state index contributed by atoms with van der Waals surface area (Å²) in [6.45, 7) is 8.28. The number of hydrogen-bond acceptors (Lipinski definition) is 9. The molecule has 12 nitrogen and oxygen atoms in total. The van der Waals surface area contributed by atoms with Crippen molar-refractivity contribution in [2.24, 2.45) is 29.1 Å². The van der Waals surface area contributed by atoms with E-state index in [2.05, 4.69) is 31.4 Å². The zero-order valence-electron chi connectivity index (χ0n) is 34.9. The zero-order chi connectivity index (χ0) is 41.3. The van der Waals surface area contributed by atoms with E-state index in [1.165, 1.54) is 11.3 Å². The third kappa shape index (κ3) is 8.55. The van der Waals surface area contributed by atoms with Crippen molar-refractivity contribution in [3.63, 3.8) is 0 Å². The fraction of sp³-hybridized carbons (Fsp3) is 0.533. The number of rotatable bonds is 14. The van der Waals surface area contributed by atoms with Gasteiger partial charge in [0.05, 0.1) is 26.4 Å². The molecule has 7 rings (SSSR count). The number of para-hydroxylation sites is 1. The summed E-state index contributed by atoms with van der Waals surface area (Å²) >= 11 is 0. The molecule has 3 aromatic carbocycles. The van der Waals surface area contributed by atoms with Crippen LogP contribution in [0.4, 0.5) is 5.69 Å². The number of ether oxygens (including phenoxy) is 1. The van der Waals surface area contributed by atoms with Crippen LogP contribution < -0.4 is 20.3 Å². The molecule has 9 atom stereocenters. The highest BCUT2D eigenvalue weighted by atomic mass is 16.7. The number of fused-ring (bicyclic) bond motifs is 2. The predicted molar refractivity (Wildman–Crippen MR) is 220 cm³/mol. The zero-order valence-corrected chi connectivity index (χ0v) is 34.9. The molecule has 4 aliphatic rings. The van der Waals surface area contributed by atoms with Crippen LogP contribution in [0.2, 0.25) is 0 Å². The van der Waals surface area contributed by atoms with Crippen LogP contribution in [0.5, 0.6) is 5.75 Å². The van der Waals surface area contributed by atoms with E-state index >= 15 is 0 Å². The molecule has 57 heavy (non-hydrogen) atoms. The first-order valence-electron chi connectivity index (χ1n) is 20.1. The lowest BCUT2D eigenvalue weighted by atomic mass is 9.45. The lowest BCUT2D eigenvalue weighted by molar-refractivity contribution is -0.183. The summed E-state index contributed by atoms with van der Waals surface area (Å²) in [6, 6.07) is 19.2. The second-order valence-electron chi connectivity index (χ2n) is 17.3. The molecule has 1 saturated heterocycles. The van der Waals surface area contributed by atoms with E-state index in [4.69, 9.17) is 9.57 Å². The van der Waals surface area contributed by atoms with Gasteiger partial charge in [0.25, 0.3) is 5.91 Å². The second-order valence-corrected chi connectivity index (χ2v) is 17.3. The van der Waals surface area contributed by atoms with E-state index in [-0.39, 0.29) is 36.4 Å². The number of methoxy groups -OCH3 is 1.